The molecule has 0 heterocycles. The minimum absolute atomic E-state index is 0.581. The van der Waals surface area contributed by atoms with Crippen LogP contribution in [0.5, 0.6) is 0 Å². The van der Waals surface area contributed by atoms with Crippen molar-refractivity contribution in [3.05, 3.63) is 10.1 Å². The first-order valence-corrected chi connectivity index (χ1v) is 3.74. The molecule has 0 bridgehead atoms. The van der Waals surface area contributed by atoms with Crippen LogP contribution in [0.2, 0.25) is 0 Å². The largest absolute Gasteiger partial charge is 0.367 e. The fourth-order valence-electron chi connectivity index (χ4n) is 0.240. The zero-order chi connectivity index (χ0) is 8.36. The highest BCUT2D eigenvalue weighted by Gasteiger charge is 2.35. The Morgan fingerprint density at radius 3 is 2.20 bits per heavy atom. The van der Waals surface area contributed by atoms with Gasteiger partial charge < -0.3 is 5.73 Å². The van der Waals surface area contributed by atoms with Gasteiger partial charge in [-0.15, -0.1) is 0 Å². The zero-order valence-electron chi connectivity index (χ0n) is 4.71. The Morgan fingerprint density at radius 1 is 1.70 bits per heavy atom. The van der Waals surface area contributed by atoms with Gasteiger partial charge in [-0.2, -0.15) is 0 Å². The minimum atomic E-state index is -1.41. The summed E-state index contributed by atoms with van der Waals surface area (Å²) >= 11 is 5.49. The molecule has 0 rings (SSSR count). The molecular weight excluding hydrogens is 272 g/mol. The molecule has 1 amide bonds. The van der Waals surface area contributed by atoms with Crippen LogP contribution in [0.25, 0.3) is 0 Å². The second-order valence-corrected chi connectivity index (χ2v) is 5.33. The lowest BCUT2D eigenvalue weighted by atomic mass is 10.4. The molecule has 0 atom stereocenters. The summed E-state index contributed by atoms with van der Waals surface area (Å²) in [7, 11) is 0. The fourth-order valence-corrected chi connectivity index (χ4v) is 0.650. The molecule has 0 aliphatic heterocycles. The van der Waals surface area contributed by atoms with Gasteiger partial charge >= 0.3 is 0 Å². The summed E-state index contributed by atoms with van der Waals surface area (Å²) in [5.74, 6) is -0.816. The number of hydrogen-bond acceptors (Lipinski definition) is 3. The van der Waals surface area contributed by atoms with Gasteiger partial charge in [0, 0.05) is 4.92 Å². The molecular formula is C3H4Br2N2O3. The first-order chi connectivity index (χ1) is 4.36. The fraction of sp³-hybridized carbons (Fsp3) is 0.667. The molecule has 0 aliphatic rings. The van der Waals surface area contributed by atoms with E-state index >= 15 is 0 Å². The number of carbonyl (C=O) groups is 1. The second-order valence-electron chi connectivity index (χ2n) is 1.56. The number of nitrogens with two attached hydrogens (primary N) is 1. The van der Waals surface area contributed by atoms with E-state index in [-0.39, 0.29) is 0 Å². The standard InChI is InChI=1S/C3H4Br2N2O3/c4-3(5,2(6)8)1-7(9)10/h1H2,(H2,6,8). The summed E-state index contributed by atoms with van der Waals surface area (Å²) in [5, 5.41) is 9.86. The number of amides is 1. The highest BCUT2D eigenvalue weighted by Crippen LogP contribution is 2.25. The molecule has 0 saturated heterocycles. The highest BCUT2D eigenvalue weighted by molar-refractivity contribution is 9.26. The summed E-state index contributed by atoms with van der Waals surface area (Å²) in [5.41, 5.74) is 4.78. The Kier molecular flexibility index (Phi) is 3.23. The molecule has 10 heavy (non-hydrogen) atoms. The first-order valence-electron chi connectivity index (χ1n) is 2.16. The van der Waals surface area contributed by atoms with E-state index in [1.165, 1.54) is 0 Å². The minimum Gasteiger partial charge on any atom is -0.367 e. The van der Waals surface area contributed by atoms with Crippen LogP contribution in [0.4, 0.5) is 0 Å². The van der Waals surface area contributed by atoms with E-state index in [1.807, 2.05) is 0 Å². The summed E-state index contributed by atoms with van der Waals surface area (Å²) in [6.07, 6.45) is 0. The molecule has 0 aromatic carbocycles. The number of nitrogens with zero attached hydrogens (tertiary/aromatic N) is 1. The third kappa shape index (κ3) is 3.11. The van der Waals surface area contributed by atoms with Crippen LogP contribution >= 0.6 is 31.9 Å². The lowest BCUT2D eigenvalue weighted by molar-refractivity contribution is -0.478. The van der Waals surface area contributed by atoms with Crippen molar-refractivity contribution < 1.29 is 9.72 Å². The lowest BCUT2D eigenvalue weighted by Crippen LogP contribution is -2.38. The van der Waals surface area contributed by atoms with E-state index in [9.17, 15) is 14.9 Å². The van der Waals surface area contributed by atoms with Crippen molar-refractivity contribution in [1.82, 2.24) is 0 Å². The Morgan fingerprint density at radius 2 is 2.10 bits per heavy atom. The van der Waals surface area contributed by atoms with Crippen LogP contribution in [0.3, 0.4) is 0 Å². The molecule has 0 unspecified atom stereocenters. The monoisotopic (exact) mass is 274 g/mol. The van der Waals surface area contributed by atoms with Crippen molar-refractivity contribution in [3.63, 3.8) is 0 Å². The summed E-state index contributed by atoms with van der Waals surface area (Å²) < 4.78 is -1.41. The van der Waals surface area contributed by atoms with Crippen LogP contribution in [0, 0.1) is 10.1 Å². The van der Waals surface area contributed by atoms with E-state index < -0.39 is 20.6 Å². The topological polar surface area (TPSA) is 86.2 Å². The second kappa shape index (κ2) is 3.29. The molecule has 0 saturated carbocycles. The van der Waals surface area contributed by atoms with E-state index in [1.54, 1.807) is 0 Å². The van der Waals surface area contributed by atoms with Crippen LogP contribution in [-0.4, -0.2) is 20.6 Å². The van der Waals surface area contributed by atoms with Gasteiger partial charge in [-0.05, 0) is 0 Å². The van der Waals surface area contributed by atoms with Crippen molar-refractivity contribution in [2.45, 2.75) is 3.23 Å². The Hall–Kier alpha value is -0.170. The smallest absolute Gasteiger partial charge is 0.252 e. The average Bonchev–Trinajstić information content (AvgIpc) is 1.60. The molecule has 0 aliphatic carbocycles. The number of primary amides is 1. The van der Waals surface area contributed by atoms with Crippen LogP contribution < -0.4 is 5.73 Å². The van der Waals surface area contributed by atoms with Gasteiger partial charge in [0.2, 0.25) is 9.78 Å². The maximum absolute atomic E-state index is 10.4. The Bertz CT molecular complexity index is 169. The highest BCUT2D eigenvalue weighted by atomic mass is 79.9. The maximum Gasteiger partial charge on any atom is 0.252 e. The molecule has 0 aromatic rings. The predicted molar refractivity (Wildman–Crippen MR) is 41.6 cm³/mol. The lowest BCUT2D eigenvalue weighted by Gasteiger charge is -2.08. The zero-order valence-corrected chi connectivity index (χ0v) is 7.88. The van der Waals surface area contributed by atoms with Crippen molar-refractivity contribution in [2.75, 3.05) is 6.54 Å². The summed E-state index contributed by atoms with van der Waals surface area (Å²) in [4.78, 5) is 19.6. The van der Waals surface area contributed by atoms with Gasteiger partial charge in [-0.1, -0.05) is 31.9 Å². The van der Waals surface area contributed by atoms with E-state index in [4.69, 9.17) is 5.73 Å². The Balaban J connectivity index is 4.13. The summed E-state index contributed by atoms with van der Waals surface area (Å²) in [6.45, 7) is -0.581. The quantitative estimate of drug-likeness (QED) is 0.455. The number of halogens is 2. The van der Waals surface area contributed by atoms with Crippen molar-refractivity contribution in [1.29, 1.82) is 0 Å². The van der Waals surface area contributed by atoms with Gasteiger partial charge in [-0.25, -0.2) is 0 Å². The molecule has 7 heteroatoms. The van der Waals surface area contributed by atoms with Crippen molar-refractivity contribution >= 4 is 37.8 Å². The van der Waals surface area contributed by atoms with E-state index in [2.05, 4.69) is 31.9 Å². The molecule has 0 radical (unpaired) electrons. The molecule has 2 N–H and O–H groups in total. The predicted octanol–water partition coefficient (Wildman–Crippen LogP) is 0.234. The van der Waals surface area contributed by atoms with Crippen LogP contribution in [0.1, 0.15) is 0 Å². The van der Waals surface area contributed by atoms with Gasteiger partial charge in [-0.3, -0.25) is 14.9 Å². The third-order valence-corrected chi connectivity index (χ3v) is 1.97. The van der Waals surface area contributed by atoms with E-state index in [0.29, 0.717) is 0 Å². The van der Waals surface area contributed by atoms with Crippen molar-refractivity contribution in [2.24, 2.45) is 5.73 Å². The van der Waals surface area contributed by atoms with E-state index in [0.717, 1.165) is 0 Å². The number of nitro groups is 1. The molecule has 0 aromatic heterocycles. The third-order valence-electron chi connectivity index (χ3n) is 0.688. The number of alkyl halides is 2. The number of rotatable bonds is 3. The van der Waals surface area contributed by atoms with Gasteiger partial charge in [0.25, 0.3) is 5.91 Å². The summed E-state index contributed by atoms with van der Waals surface area (Å²) in [6, 6.07) is 0. The SMILES string of the molecule is NC(=O)C(Br)(Br)C[N+](=O)[O-]. The van der Waals surface area contributed by atoms with Gasteiger partial charge in [0.1, 0.15) is 0 Å². The molecule has 5 nitrogen and oxygen atoms in total. The molecule has 0 fully saturated rings. The number of carbonyl (C=O) groups excluding carboxylic acids is 1. The Labute approximate surface area is 73.4 Å². The number of hydrogen-bond donors (Lipinski definition) is 1. The maximum atomic E-state index is 10.4. The van der Waals surface area contributed by atoms with Gasteiger partial charge in [0.15, 0.2) is 0 Å². The molecule has 0 spiro atoms. The van der Waals surface area contributed by atoms with Crippen LogP contribution in [-0.2, 0) is 4.79 Å². The normalized spacial score (nSPS) is 11.0. The average molecular weight is 276 g/mol. The van der Waals surface area contributed by atoms with Gasteiger partial charge in [0.05, 0.1) is 0 Å². The van der Waals surface area contributed by atoms with Crippen LogP contribution in [0.15, 0.2) is 0 Å². The molecule has 58 valence electrons. The van der Waals surface area contributed by atoms with Crippen molar-refractivity contribution in [3.8, 4) is 0 Å². The first kappa shape index (κ1) is 9.83.